The van der Waals surface area contributed by atoms with Crippen LogP contribution in [0.15, 0.2) is 18.2 Å². The zero-order chi connectivity index (χ0) is 13.7. The Labute approximate surface area is 103 Å². The van der Waals surface area contributed by atoms with Crippen LogP contribution in [-0.4, -0.2) is 23.1 Å². The lowest BCUT2D eigenvalue weighted by Gasteiger charge is -2.10. The topological polar surface area (TPSA) is 78.4 Å². The van der Waals surface area contributed by atoms with Crippen molar-refractivity contribution in [3.63, 3.8) is 0 Å². The Kier molecular flexibility index (Phi) is 4.27. The number of urea groups is 1. The lowest BCUT2D eigenvalue weighted by atomic mass is 10.2. The van der Waals surface area contributed by atoms with Gasteiger partial charge in [-0.2, -0.15) is 0 Å². The predicted octanol–water partition coefficient (Wildman–Crippen LogP) is 1.67. The molecule has 6 heteroatoms. The second-order valence-corrected chi connectivity index (χ2v) is 3.49. The molecule has 2 amide bonds. The van der Waals surface area contributed by atoms with E-state index in [0.29, 0.717) is 0 Å². The summed E-state index contributed by atoms with van der Waals surface area (Å²) in [5.74, 6) is 0.0156. The monoisotopic (exact) mass is 250 g/mol. The Hall–Kier alpha value is -2.55. The van der Waals surface area contributed by atoms with Crippen LogP contribution in [-0.2, 0) is 0 Å². The van der Waals surface area contributed by atoms with Crippen LogP contribution in [0.25, 0.3) is 0 Å². The van der Waals surface area contributed by atoms with Gasteiger partial charge in [0, 0.05) is 5.69 Å². The Balaban J connectivity index is 2.80. The summed E-state index contributed by atoms with van der Waals surface area (Å²) in [6.45, 7) is 1.60. The molecule has 1 rings (SSSR count). The molecule has 0 fully saturated rings. The van der Waals surface area contributed by atoms with Crippen LogP contribution in [0.5, 0.6) is 0 Å². The first-order chi connectivity index (χ1) is 8.43. The number of hydrogen-bond donors (Lipinski definition) is 3. The average molecular weight is 250 g/mol. The van der Waals surface area contributed by atoms with Crippen molar-refractivity contribution in [2.24, 2.45) is 0 Å². The van der Waals surface area contributed by atoms with Gasteiger partial charge in [-0.25, -0.2) is 14.0 Å². The highest BCUT2D eigenvalue weighted by molar-refractivity contribution is 5.93. The number of carboxylic acids is 1. The van der Waals surface area contributed by atoms with Gasteiger partial charge in [0.25, 0.3) is 0 Å². The molecule has 0 aliphatic rings. The molecular weight excluding hydrogens is 239 g/mol. The maximum atomic E-state index is 13.1. The minimum atomic E-state index is -1.41. The normalized spacial score (nSPS) is 11.2. The van der Waals surface area contributed by atoms with Gasteiger partial charge in [-0.1, -0.05) is 5.92 Å². The third kappa shape index (κ3) is 3.49. The summed E-state index contributed by atoms with van der Waals surface area (Å²) >= 11 is 0. The van der Waals surface area contributed by atoms with E-state index >= 15 is 0 Å². The van der Waals surface area contributed by atoms with Crippen LogP contribution in [0.1, 0.15) is 17.3 Å². The van der Waals surface area contributed by atoms with Gasteiger partial charge in [-0.3, -0.25) is 0 Å². The van der Waals surface area contributed by atoms with Crippen LogP contribution in [0.2, 0.25) is 0 Å². The lowest BCUT2D eigenvalue weighted by Crippen LogP contribution is -2.35. The number of aromatic carboxylic acids is 1. The third-order valence-electron chi connectivity index (χ3n) is 2.05. The van der Waals surface area contributed by atoms with Gasteiger partial charge < -0.3 is 15.7 Å². The molecule has 1 unspecified atom stereocenters. The molecule has 5 nitrogen and oxygen atoms in total. The second kappa shape index (κ2) is 5.68. The van der Waals surface area contributed by atoms with Crippen molar-refractivity contribution in [1.29, 1.82) is 0 Å². The second-order valence-electron chi connectivity index (χ2n) is 3.49. The van der Waals surface area contributed by atoms with E-state index in [0.717, 1.165) is 12.1 Å². The number of nitrogens with one attached hydrogen (secondary N) is 2. The van der Waals surface area contributed by atoms with Crippen molar-refractivity contribution in [2.75, 3.05) is 5.32 Å². The number of halogens is 1. The Morgan fingerprint density at radius 1 is 1.50 bits per heavy atom. The largest absolute Gasteiger partial charge is 0.478 e. The van der Waals surface area contributed by atoms with Crippen LogP contribution < -0.4 is 10.6 Å². The molecule has 18 heavy (non-hydrogen) atoms. The SMILES string of the molecule is C#CC(C)NC(=O)Nc1ccc(F)c(C(=O)O)c1. The zero-order valence-corrected chi connectivity index (χ0v) is 9.53. The van der Waals surface area contributed by atoms with Gasteiger partial charge in [0.2, 0.25) is 0 Å². The van der Waals surface area contributed by atoms with Crippen molar-refractivity contribution in [1.82, 2.24) is 5.32 Å². The minimum absolute atomic E-state index is 0.163. The third-order valence-corrected chi connectivity index (χ3v) is 2.05. The number of benzene rings is 1. The average Bonchev–Trinajstić information content (AvgIpc) is 2.31. The summed E-state index contributed by atoms with van der Waals surface area (Å²) in [5.41, 5.74) is -0.353. The van der Waals surface area contributed by atoms with Gasteiger partial charge in [0.1, 0.15) is 5.82 Å². The van der Waals surface area contributed by atoms with Crippen LogP contribution in [0.4, 0.5) is 14.9 Å². The molecule has 94 valence electrons. The van der Waals surface area contributed by atoms with E-state index in [1.165, 1.54) is 6.07 Å². The van der Waals surface area contributed by atoms with E-state index in [-0.39, 0.29) is 5.69 Å². The summed E-state index contributed by atoms with van der Waals surface area (Å²) in [6, 6.07) is 2.18. The van der Waals surface area contributed by atoms with E-state index in [1.54, 1.807) is 6.92 Å². The Morgan fingerprint density at radius 3 is 2.72 bits per heavy atom. The van der Waals surface area contributed by atoms with Gasteiger partial charge in [-0.05, 0) is 25.1 Å². The number of terminal acetylenes is 1. The van der Waals surface area contributed by atoms with Gasteiger partial charge >= 0.3 is 12.0 Å². The quantitative estimate of drug-likeness (QED) is 0.714. The number of anilines is 1. The molecule has 3 N–H and O–H groups in total. The molecule has 0 heterocycles. The smallest absolute Gasteiger partial charge is 0.338 e. The van der Waals surface area contributed by atoms with Gasteiger partial charge in [0.15, 0.2) is 0 Å². The summed E-state index contributed by atoms with van der Waals surface area (Å²) in [6.07, 6.45) is 5.08. The fourth-order valence-corrected chi connectivity index (χ4v) is 1.17. The maximum Gasteiger partial charge on any atom is 0.338 e. The van der Waals surface area contributed by atoms with Gasteiger partial charge in [0.05, 0.1) is 11.6 Å². The van der Waals surface area contributed by atoms with Crippen LogP contribution in [0, 0.1) is 18.2 Å². The molecule has 0 bridgehead atoms. The highest BCUT2D eigenvalue weighted by Crippen LogP contribution is 2.14. The first kappa shape index (κ1) is 13.5. The molecular formula is C12H11FN2O3. The fraction of sp³-hybridized carbons (Fsp3) is 0.167. The van der Waals surface area contributed by atoms with Crippen LogP contribution in [0.3, 0.4) is 0 Å². The van der Waals surface area contributed by atoms with Crippen molar-refractivity contribution >= 4 is 17.7 Å². The minimum Gasteiger partial charge on any atom is -0.478 e. The van der Waals surface area contributed by atoms with E-state index in [4.69, 9.17) is 11.5 Å². The molecule has 0 aliphatic carbocycles. The van der Waals surface area contributed by atoms with Crippen molar-refractivity contribution in [2.45, 2.75) is 13.0 Å². The summed E-state index contributed by atoms with van der Waals surface area (Å²) in [7, 11) is 0. The Bertz CT molecular complexity index is 523. The van der Waals surface area contributed by atoms with Crippen LogP contribution >= 0.6 is 0 Å². The summed E-state index contributed by atoms with van der Waals surface area (Å²) in [5, 5.41) is 13.5. The number of carbonyl (C=O) groups excluding carboxylic acids is 1. The molecule has 0 saturated heterocycles. The van der Waals surface area contributed by atoms with Crippen molar-refractivity contribution in [3.05, 3.63) is 29.6 Å². The highest BCUT2D eigenvalue weighted by atomic mass is 19.1. The molecule has 1 aromatic rings. The molecule has 0 aliphatic heterocycles. The number of amides is 2. The predicted molar refractivity (Wildman–Crippen MR) is 63.8 cm³/mol. The maximum absolute atomic E-state index is 13.1. The molecule has 0 saturated carbocycles. The van der Waals surface area contributed by atoms with E-state index in [9.17, 15) is 14.0 Å². The van der Waals surface area contributed by atoms with E-state index < -0.39 is 29.4 Å². The zero-order valence-electron chi connectivity index (χ0n) is 9.53. The summed E-state index contributed by atoms with van der Waals surface area (Å²) in [4.78, 5) is 22.1. The standard InChI is InChI=1S/C12H11FN2O3/c1-3-7(2)14-12(18)15-8-4-5-10(13)9(6-8)11(16)17/h1,4-7H,2H3,(H,16,17)(H2,14,15,18). The molecule has 1 aromatic carbocycles. The number of carboxylic acid groups (broad SMARTS) is 1. The number of carbonyl (C=O) groups is 2. The fourth-order valence-electron chi connectivity index (χ4n) is 1.17. The molecule has 0 spiro atoms. The lowest BCUT2D eigenvalue weighted by molar-refractivity contribution is 0.0692. The number of rotatable bonds is 3. The summed E-state index contributed by atoms with van der Waals surface area (Å²) < 4.78 is 13.1. The van der Waals surface area contributed by atoms with E-state index in [1.807, 2.05) is 0 Å². The first-order valence-electron chi connectivity index (χ1n) is 5.00. The molecule has 0 aromatic heterocycles. The Morgan fingerprint density at radius 2 is 2.17 bits per heavy atom. The van der Waals surface area contributed by atoms with E-state index in [2.05, 4.69) is 16.6 Å². The van der Waals surface area contributed by atoms with Gasteiger partial charge in [-0.15, -0.1) is 6.42 Å². The highest BCUT2D eigenvalue weighted by Gasteiger charge is 2.12. The first-order valence-corrected chi connectivity index (χ1v) is 5.00. The molecule has 1 atom stereocenters. The van der Waals surface area contributed by atoms with Crippen molar-refractivity contribution in [3.8, 4) is 12.3 Å². The van der Waals surface area contributed by atoms with Crippen molar-refractivity contribution < 1.29 is 19.1 Å². The molecule has 0 radical (unpaired) electrons. The number of hydrogen-bond acceptors (Lipinski definition) is 2.